The van der Waals surface area contributed by atoms with Gasteiger partial charge in [-0.25, -0.2) is 0 Å². The Balaban J connectivity index is 1.61. The van der Waals surface area contributed by atoms with E-state index in [-0.39, 0.29) is 6.54 Å². The zero-order valence-electron chi connectivity index (χ0n) is 11.6. The molecular formula is C15H20N4O. The first kappa shape index (κ1) is 13.3. The molecule has 106 valence electrons. The van der Waals surface area contributed by atoms with Gasteiger partial charge < -0.3 is 15.2 Å². The highest BCUT2D eigenvalue weighted by Gasteiger charge is 2.11. The van der Waals surface area contributed by atoms with Crippen molar-refractivity contribution in [2.24, 2.45) is 5.73 Å². The molecule has 1 aliphatic heterocycles. The number of benzene rings is 1. The van der Waals surface area contributed by atoms with Crippen molar-refractivity contribution in [3.63, 3.8) is 0 Å². The molecule has 0 radical (unpaired) electrons. The maximum Gasteiger partial charge on any atom is 0.240 e. The van der Waals surface area contributed by atoms with Crippen molar-refractivity contribution in [1.29, 1.82) is 0 Å². The molecule has 3 rings (SSSR count). The van der Waals surface area contributed by atoms with E-state index in [1.165, 1.54) is 31.5 Å². The van der Waals surface area contributed by atoms with Crippen molar-refractivity contribution in [1.82, 2.24) is 15.0 Å². The summed E-state index contributed by atoms with van der Waals surface area (Å²) in [4.78, 5) is 6.76. The lowest BCUT2D eigenvalue weighted by atomic mass is 10.1. The molecule has 2 N–H and O–H groups in total. The Morgan fingerprint density at radius 1 is 1.15 bits per heavy atom. The van der Waals surface area contributed by atoms with Crippen molar-refractivity contribution in [2.75, 3.05) is 19.6 Å². The van der Waals surface area contributed by atoms with Gasteiger partial charge in [0.15, 0.2) is 0 Å². The average Bonchev–Trinajstić information content (AvgIpc) is 3.17. The Bertz CT molecular complexity index is 543. The van der Waals surface area contributed by atoms with Crippen LogP contribution in [-0.2, 0) is 13.0 Å². The van der Waals surface area contributed by atoms with Crippen LogP contribution in [0, 0.1) is 0 Å². The van der Waals surface area contributed by atoms with Gasteiger partial charge in [0.05, 0.1) is 6.54 Å². The number of nitrogens with two attached hydrogens (primary N) is 1. The molecule has 0 saturated carbocycles. The fraction of sp³-hybridized carbons (Fsp3) is 0.467. The lowest BCUT2D eigenvalue weighted by Gasteiger charge is -2.14. The van der Waals surface area contributed by atoms with Crippen LogP contribution in [0.2, 0.25) is 0 Å². The smallest absolute Gasteiger partial charge is 0.240 e. The van der Waals surface area contributed by atoms with Gasteiger partial charge in [0, 0.05) is 12.1 Å². The first-order valence-electron chi connectivity index (χ1n) is 7.19. The summed E-state index contributed by atoms with van der Waals surface area (Å²) >= 11 is 0. The molecule has 5 nitrogen and oxygen atoms in total. The topological polar surface area (TPSA) is 68.2 Å². The highest BCUT2D eigenvalue weighted by molar-refractivity contribution is 5.54. The third-order valence-electron chi connectivity index (χ3n) is 3.77. The quantitative estimate of drug-likeness (QED) is 0.899. The molecule has 0 atom stereocenters. The molecule has 1 fully saturated rings. The zero-order valence-corrected chi connectivity index (χ0v) is 11.6. The van der Waals surface area contributed by atoms with Crippen LogP contribution in [-0.4, -0.2) is 34.7 Å². The summed E-state index contributed by atoms with van der Waals surface area (Å²) < 4.78 is 5.02. The van der Waals surface area contributed by atoms with Crippen molar-refractivity contribution in [3.05, 3.63) is 35.7 Å². The summed E-state index contributed by atoms with van der Waals surface area (Å²) in [6, 6.07) is 8.38. The summed E-state index contributed by atoms with van der Waals surface area (Å²) in [5.74, 6) is 1.08. The fourth-order valence-corrected chi connectivity index (χ4v) is 2.57. The average molecular weight is 272 g/mol. The maximum atomic E-state index is 5.46. The Morgan fingerprint density at radius 3 is 2.55 bits per heavy atom. The van der Waals surface area contributed by atoms with E-state index < -0.39 is 0 Å². The van der Waals surface area contributed by atoms with Gasteiger partial charge in [-0.15, -0.1) is 0 Å². The van der Waals surface area contributed by atoms with Crippen LogP contribution in [0.3, 0.4) is 0 Å². The molecule has 2 aromatic rings. The van der Waals surface area contributed by atoms with Crippen LogP contribution in [0.1, 0.15) is 24.3 Å². The second-order valence-corrected chi connectivity index (χ2v) is 5.21. The van der Waals surface area contributed by atoms with Gasteiger partial charge in [0.1, 0.15) is 0 Å². The molecule has 1 aromatic heterocycles. The molecule has 0 aliphatic carbocycles. The number of aromatic nitrogens is 2. The van der Waals surface area contributed by atoms with Gasteiger partial charge in [-0.05, 0) is 37.9 Å². The number of hydrogen-bond donors (Lipinski definition) is 1. The van der Waals surface area contributed by atoms with E-state index >= 15 is 0 Å². The minimum absolute atomic E-state index is 0.279. The predicted molar refractivity (Wildman–Crippen MR) is 77.0 cm³/mol. The van der Waals surface area contributed by atoms with E-state index in [4.69, 9.17) is 10.3 Å². The van der Waals surface area contributed by atoms with E-state index in [0.29, 0.717) is 11.7 Å². The van der Waals surface area contributed by atoms with Crippen LogP contribution in [0.5, 0.6) is 0 Å². The highest BCUT2D eigenvalue weighted by Crippen LogP contribution is 2.17. The van der Waals surface area contributed by atoms with Gasteiger partial charge in [-0.1, -0.05) is 29.4 Å². The molecule has 0 spiro atoms. The summed E-state index contributed by atoms with van der Waals surface area (Å²) in [6.07, 6.45) is 3.79. The second kappa shape index (κ2) is 6.15. The third kappa shape index (κ3) is 3.05. The lowest BCUT2D eigenvalue weighted by Crippen LogP contribution is -2.21. The minimum atomic E-state index is 0.279. The normalized spacial score (nSPS) is 15.8. The molecule has 1 aliphatic rings. The lowest BCUT2D eigenvalue weighted by molar-refractivity contribution is 0.343. The van der Waals surface area contributed by atoms with Crippen molar-refractivity contribution in [3.8, 4) is 11.4 Å². The van der Waals surface area contributed by atoms with Gasteiger partial charge in [-0.3, -0.25) is 0 Å². The molecular weight excluding hydrogens is 252 g/mol. The third-order valence-corrected chi connectivity index (χ3v) is 3.77. The van der Waals surface area contributed by atoms with E-state index in [2.05, 4.69) is 27.2 Å². The number of nitrogens with zero attached hydrogens (tertiary/aromatic N) is 3. The number of rotatable bonds is 5. The van der Waals surface area contributed by atoms with Gasteiger partial charge >= 0.3 is 0 Å². The van der Waals surface area contributed by atoms with Crippen molar-refractivity contribution >= 4 is 0 Å². The summed E-state index contributed by atoms with van der Waals surface area (Å²) in [6.45, 7) is 3.94. The monoisotopic (exact) mass is 272 g/mol. The first-order valence-corrected chi connectivity index (χ1v) is 7.19. The molecule has 0 unspecified atom stereocenters. The van der Waals surface area contributed by atoms with Gasteiger partial charge in [0.2, 0.25) is 11.7 Å². The van der Waals surface area contributed by atoms with Crippen LogP contribution in [0.15, 0.2) is 28.8 Å². The zero-order chi connectivity index (χ0) is 13.8. The molecule has 2 heterocycles. The summed E-state index contributed by atoms with van der Waals surface area (Å²) in [5, 5.41) is 3.92. The van der Waals surface area contributed by atoms with Crippen LogP contribution in [0.4, 0.5) is 0 Å². The van der Waals surface area contributed by atoms with E-state index in [1.54, 1.807) is 0 Å². The summed E-state index contributed by atoms with van der Waals surface area (Å²) in [7, 11) is 0. The highest BCUT2D eigenvalue weighted by atomic mass is 16.5. The van der Waals surface area contributed by atoms with E-state index in [9.17, 15) is 0 Å². The Labute approximate surface area is 118 Å². The van der Waals surface area contributed by atoms with E-state index in [0.717, 1.165) is 18.5 Å². The minimum Gasteiger partial charge on any atom is -0.338 e. The van der Waals surface area contributed by atoms with Gasteiger partial charge in [-0.2, -0.15) is 4.98 Å². The summed E-state index contributed by atoms with van der Waals surface area (Å²) in [5.41, 5.74) is 7.78. The Hall–Kier alpha value is -1.72. The van der Waals surface area contributed by atoms with Crippen molar-refractivity contribution in [2.45, 2.75) is 25.8 Å². The van der Waals surface area contributed by atoms with Crippen molar-refractivity contribution < 1.29 is 4.52 Å². The van der Waals surface area contributed by atoms with Crippen LogP contribution in [0.25, 0.3) is 11.4 Å². The molecule has 5 heteroatoms. The predicted octanol–water partition coefficient (Wildman–Crippen LogP) is 1.83. The Kier molecular flexibility index (Phi) is 4.08. The standard InChI is InChI=1S/C15H20N4O/c16-11-14-17-15(18-20-14)13-5-3-12(4-6-13)7-10-19-8-1-2-9-19/h3-6H,1-2,7-11,16H2. The number of likely N-dealkylation sites (tertiary alicyclic amines) is 1. The largest absolute Gasteiger partial charge is 0.338 e. The van der Waals surface area contributed by atoms with Crippen LogP contribution < -0.4 is 5.73 Å². The first-order chi connectivity index (χ1) is 9.85. The molecule has 1 saturated heterocycles. The van der Waals surface area contributed by atoms with Gasteiger partial charge in [0.25, 0.3) is 0 Å². The second-order valence-electron chi connectivity index (χ2n) is 5.21. The maximum absolute atomic E-state index is 5.46. The number of hydrogen-bond acceptors (Lipinski definition) is 5. The SMILES string of the molecule is NCc1nc(-c2ccc(CCN3CCCC3)cc2)no1. The molecule has 0 bridgehead atoms. The fourth-order valence-electron chi connectivity index (χ4n) is 2.57. The molecule has 20 heavy (non-hydrogen) atoms. The molecule has 0 amide bonds. The van der Waals surface area contributed by atoms with Crippen LogP contribution >= 0.6 is 0 Å². The molecule has 1 aromatic carbocycles. The van der Waals surface area contributed by atoms with E-state index in [1.807, 2.05) is 12.1 Å². The Morgan fingerprint density at radius 2 is 1.90 bits per heavy atom.